The van der Waals surface area contributed by atoms with Crippen LogP contribution in [0.25, 0.3) is 0 Å². The molecule has 5 nitrogen and oxygen atoms in total. The molecule has 0 bridgehead atoms. The fraction of sp³-hybridized carbons (Fsp3) is 0.533. The van der Waals surface area contributed by atoms with Crippen LogP contribution < -0.4 is 15.5 Å². The number of rotatable bonds is 4. The van der Waals surface area contributed by atoms with Crippen LogP contribution in [-0.4, -0.2) is 37.9 Å². The highest BCUT2D eigenvalue weighted by atomic mass is 16.7. The summed E-state index contributed by atoms with van der Waals surface area (Å²) in [4.78, 5) is 11.3. The molecule has 0 atom stereocenters. The maximum Gasteiger partial charge on any atom is 0.498 e. The van der Waals surface area contributed by atoms with Crippen LogP contribution >= 0.6 is 0 Å². The van der Waals surface area contributed by atoms with E-state index in [1.807, 2.05) is 52.0 Å². The van der Waals surface area contributed by atoms with Gasteiger partial charge in [0.2, 0.25) is 0 Å². The summed E-state index contributed by atoms with van der Waals surface area (Å²) in [6, 6.07) is 7.45. The predicted molar refractivity (Wildman–Crippen MR) is 81.7 cm³/mol. The molecule has 0 aliphatic carbocycles. The van der Waals surface area contributed by atoms with Gasteiger partial charge in [-0.05, 0) is 33.8 Å². The molecular formula is C15H22BNO4. The number of amides is 1. The number of carbonyl (C=O) groups excluding carboxylic acids is 1. The van der Waals surface area contributed by atoms with Gasteiger partial charge in [0.05, 0.1) is 11.2 Å². The van der Waals surface area contributed by atoms with E-state index >= 15 is 0 Å². The second-order valence-corrected chi connectivity index (χ2v) is 6.09. The van der Waals surface area contributed by atoms with Crippen LogP contribution in [0.4, 0.5) is 0 Å². The van der Waals surface area contributed by atoms with Crippen molar-refractivity contribution in [3.8, 4) is 5.75 Å². The number of carbonyl (C=O) groups is 1. The van der Waals surface area contributed by atoms with Crippen LogP contribution in [0.1, 0.15) is 27.7 Å². The van der Waals surface area contributed by atoms with Gasteiger partial charge in [0.15, 0.2) is 6.61 Å². The third-order valence-electron chi connectivity index (χ3n) is 4.06. The van der Waals surface area contributed by atoms with Crippen molar-refractivity contribution in [1.29, 1.82) is 0 Å². The second-order valence-electron chi connectivity index (χ2n) is 6.09. The molecule has 1 aliphatic rings. The lowest BCUT2D eigenvalue weighted by molar-refractivity contribution is -0.122. The van der Waals surface area contributed by atoms with Crippen molar-refractivity contribution in [1.82, 2.24) is 5.32 Å². The molecule has 0 radical (unpaired) electrons. The highest BCUT2D eigenvalue weighted by Gasteiger charge is 2.52. The zero-order valence-corrected chi connectivity index (χ0v) is 13.2. The van der Waals surface area contributed by atoms with Crippen molar-refractivity contribution in [3.05, 3.63) is 24.3 Å². The summed E-state index contributed by atoms with van der Waals surface area (Å²) >= 11 is 0. The van der Waals surface area contributed by atoms with Crippen molar-refractivity contribution in [2.45, 2.75) is 38.9 Å². The van der Waals surface area contributed by atoms with Crippen molar-refractivity contribution in [2.75, 3.05) is 13.7 Å². The molecule has 1 amide bonds. The van der Waals surface area contributed by atoms with Crippen LogP contribution in [-0.2, 0) is 14.1 Å². The number of hydrogen-bond acceptors (Lipinski definition) is 4. The largest absolute Gasteiger partial charge is 0.498 e. The summed E-state index contributed by atoms with van der Waals surface area (Å²) in [5, 5.41) is 2.52. The molecule has 0 unspecified atom stereocenters. The fourth-order valence-corrected chi connectivity index (χ4v) is 1.99. The molecule has 1 fully saturated rings. The number of benzene rings is 1. The zero-order chi connectivity index (χ0) is 15.7. The quantitative estimate of drug-likeness (QED) is 0.844. The Morgan fingerprint density at radius 3 is 2.33 bits per heavy atom. The molecule has 1 heterocycles. The minimum Gasteiger partial charge on any atom is -0.484 e. The molecule has 0 spiro atoms. The lowest BCUT2D eigenvalue weighted by Gasteiger charge is -2.32. The van der Waals surface area contributed by atoms with Gasteiger partial charge >= 0.3 is 7.12 Å². The summed E-state index contributed by atoms with van der Waals surface area (Å²) in [5.41, 5.74) is -0.0306. The number of hydrogen-bond donors (Lipinski definition) is 1. The summed E-state index contributed by atoms with van der Waals surface area (Å²) in [6.45, 7) is 7.97. The number of likely N-dealkylation sites (N-methyl/N-ethyl adjacent to an activating group) is 1. The average molecular weight is 291 g/mol. The summed E-state index contributed by atoms with van der Waals surface area (Å²) in [6.07, 6.45) is 0. The third-order valence-corrected chi connectivity index (χ3v) is 4.06. The van der Waals surface area contributed by atoms with E-state index in [4.69, 9.17) is 14.0 Å². The first kappa shape index (κ1) is 15.9. The number of para-hydroxylation sites is 1. The van der Waals surface area contributed by atoms with Gasteiger partial charge in [-0.2, -0.15) is 0 Å². The Balaban J connectivity index is 2.20. The Bertz CT molecular complexity index is 514. The molecule has 2 rings (SSSR count). The van der Waals surface area contributed by atoms with Gasteiger partial charge in [0.25, 0.3) is 5.91 Å². The van der Waals surface area contributed by atoms with Crippen LogP contribution in [0.2, 0.25) is 0 Å². The molecule has 0 aromatic heterocycles. The van der Waals surface area contributed by atoms with E-state index in [0.717, 1.165) is 5.46 Å². The van der Waals surface area contributed by atoms with Gasteiger partial charge in [0, 0.05) is 12.5 Å². The average Bonchev–Trinajstić information content (AvgIpc) is 2.65. The molecule has 1 aromatic carbocycles. The minimum atomic E-state index is -0.504. The second kappa shape index (κ2) is 5.69. The Morgan fingerprint density at radius 2 is 1.76 bits per heavy atom. The first-order chi connectivity index (χ1) is 9.77. The molecule has 21 heavy (non-hydrogen) atoms. The lowest BCUT2D eigenvalue weighted by Crippen LogP contribution is -2.41. The normalized spacial score (nSPS) is 19.4. The molecule has 1 aliphatic heterocycles. The lowest BCUT2D eigenvalue weighted by atomic mass is 9.78. The van der Waals surface area contributed by atoms with Crippen molar-refractivity contribution >= 4 is 18.5 Å². The van der Waals surface area contributed by atoms with E-state index in [9.17, 15) is 4.79 Å². The summed E-state index contributed by atoms with van der Waals surface area (Å²) in [7, 11) is 1.07. The van der Waals surface area contributed by atoms with Crippen LogP contribution in [0, 0.1) is 0 Å². The molecule has 114 valence electrons. The third kappa shape index (κ3) is 3.22. The van der Waals surface area contributed by atoms with Crippen molar-refractivity contribution in [2.24, 2.45) is 0 Å². The first-order valence-corrected chi connectivity index (χ1v) is 7.05. The minimum absolute atomic E-state index is 0.0347. The summed E-state index contributed by atoms with van der Waals surface area (Å²) in [5.74, 6) is 0.415. The van der Waals surface area contributed by atoms with Gasteiger partial charge in [-0.1, -0.05) is 18.2 Å². The van der Waals surface area contributed by atoms with E-state index in [2.05, 4.69) is 5.32 Å². The number of ether oxygens (including phenoxy) is 1. The topological polar surface area (TPSA) is 56.8 Å². The van der Waals surface area contributed by atoms with Gasteiger partial charge in [0.1, 0.15) is 5.75 Å². The monoisotopic (exact) mass is 291 g/mol. The van der Waals surface area contributed by atoms with E-state index in [1.165, 1.54) is 0 Å². The molecule has 1 N–H and O–H groups in total. The van der Waals surface area contributed by atoms with E-state index in [1.54, 1.807) is 7.05 Å². The van der Waals surface area contributed by atoms with E-state index in [-0.39, 0.29) is 12.5 Å². The highest BCUT2D eigenvalue weighted by Crippen LogP contribution is 2.37. The van der Waals surface area contributed by atoms with Crippen LogP contribution in [0.3, 0.4) is 0 Å². The molecular weight excluding hydrogens is 269 g/mol. The zero-order valence-electron chi connectivity index (χ0n) is 13.2. The van der Waals surface area contributed by atoms with Gasteiger partial charge < -0.3 is 19.4 Å². The standard InChI is InChI=1S/C15H22BNO4/c1-14(2)15(3,4)21-16(20-14)11-8-6-7-9-12(11)19-10-13(18)17-5/h6-9H,10H2,1-5H3,(H,17,18). The smallest absolute Gasteiger partial charge is 0.484 e. The van der Waals surface area contributed by atoms with E-state index < -0.39 is 18.3 Å². The van der Waals surface area contributed by atoms with Crippen molar-refractivity contribution in [3.63, 3.8) is 0 Å². The Labute approximate surface area is 126 Å². The van der Waals surface area contributed by atoms with Gasteiger partial charge in [-0.25, -0.2) is 0 Å². The fourth-order valence-electron chi connectivity index (χ4n) is 1.99. The van der Waals surface area contributed by atoms with Crippen LogP contribution in [0.5, 0.6) is 5.75 Å². The van der Waals surface area contributed by atoms with Gasteiger partial charge in [-0.15, -0.1) is 0 Å². The molecule has 1 aromatic rings. The van der Waals surface area contributed by atoms with Crippen molar-refractivity contribution < 1.29 is 18.8 Å². The highest BCUT2D eigenvalue weighted by molar-refractivity contribution is 6.63. The maximum absolute atomic E-state index is 11.3. The summed E-state index contributed by atoms with van der Waals surface area (Å²) < 4.78 is 17.6. The van der Waals surface area contributed by atoms with Crippen LogP contribution in [0.15, 0.2) is 24.3 Å². The maximum atomic E-state index is 11.3. The molecule has 6 heteroatoms. The Morgan fingerprint density at radius 1 is 1.19 bits per heavy atom. The van der Waals surface area contributed by atoms with E-state index in [0.29, 0.717) is 5.75 Å². The van der Waals surface area contributed by atoms with Gasteiger partial charge in [-0.3, -0.25) is 4.79 Å². The Kier molecular flexibility index (Phi) is 4.30. The Hall–Kier alpha value is -1.53. The first-order valence-electron chi connectivity index (χ1n) is 7.05. The SMILES string of the molecule is CNC(=O)COc1ccccc1B1OC(C)(C)C(C)(C)O1. The molecule has 1 saturated heterocycles. The predicted octanol–water partition coefficient (Wildman–Crippen LogP) is 1.11. The number of nitrogens with one attached hydrogen (secondary N) is 1. The molecule has 0 saturated carbocycles.